The molecule has 2 N–H and O–H groups in total. The Morgan fingerprint density at radius 3 is 1.16 bits per heavy atom. The van der Waals surface area contributed by atoms with Crippen LogP contribution in [-0.4, -0.2) is 0 Å². The molecule has 0 radical (unpaired) electrons. The van der Waals surface area contributed by atoms with Crippen molar-refractivity contribution in [2.75, 3.05) is 10.6 Å². The lowest BCUT2D eigenvalue weighted by atomic mass is 9.90. The molecule has 4 aromatic rings. The Kier molecular flexibility index (Phi) is 5.80. The van der Waals surface area contributed by atoms with Crippen molar-refractivity contribution in [1.29, 1.82) is 0 Å². The number of rotatable bonds is 8. The molecule has 0 aliphatic carbocycles. The quantitative estimate of drug-likeness (QED) is 0.245. The highest BCUT2D eigenvalue weighted by atomic mass is 16.3. The monoisotopic (exact) mass is 408 g/mol. The molecule has 6 nitrogen and oxygen atoms in total. The Labute approximate surface area is 179 Å². The number of nitroso groups, excluding NO2 is 2. The van der Waals surface area contributed by atoms with Gasteiger partial charge < -0.3 is 10.6 Å². The predicted molar refractivity (Wildman–Crippen MR) is 125 cm³/mol. The van der Waals surface area contributed by atoms with Crippen molar-refractivity contribution >= 4 is 22.7 Å². The first kappa shape index (κ1) is 20.0. The van der Waals surface area contributed by atoms with Crippen molar-refractivity contribution in [2.24, 2.45) is 10.4 Å². The Bertz CT molecular complexity index is 1050. The third-order valence-electron chi connectivity index (χ3n) is 5.02. The molecule has 4 aromatic carbocycles. The molecule has 0 amide bonds. The van der Waals surface area contributed by atoms with Crippen LogP contribution in [0.5, 0.6) is 0 Å². The number of nitrogens with zero attached hydrogens (tertiary/aromatic N) is 2. The van der Waals surface area contributed by atoms with E-state index in [2.05, 4.69) is 21.0 Å². The first-order valence-electron chi connectivity index (χ1n) is 9.78. The highest BCUT2D eigenvalue weighted by molar-refractivity contribution is 5.63. The maximum Gasteiger partial charge on any atom is 0.161 e. The topological polar surface area (TPSA) is 82.9 Å². The molecule has 0 aliphatic heterocycles. The van der Waals surface area contributed by atoms with Gasteiger partial charge in [-0.1, -0.05) is 60.7 Å². The third kappa shape index (κ3) is 4.33. The van der Waals surface area contributed by atoms with Gasteiger partial charge in [-0.25, -0.2) is 0 Å². The molecule has 0 heterocycles. The summed E-state index contributed by atoms with van der Waals surface area (Å²) in [5, 5.41) is 13.2. The van der Waals surface area contributed by atoms with E-state index < -0.39 is 5.66 Å². The van der Waals surface area contributed by atoms with Crippen LogP contribution in [0.3, 0.4) is 0 Å². The van der Waals surface area contributed by atoms with Gasteiger partial charge in [0.05, 0.1) is 0 Å². The molecular formula is C25H20N4O2. The molecule has 0 unspecified atom stereocenters. The molecule has 31 heavy (non-hydrogen) atoms. The van der Waals surface area contributed by atoms with Gasteiger partial charge in [0.1, 0.15) is 11.4 Å². The average molecular weight is 408 g/mol. The van der Waals surface area contributed by atoms with Gasteiger partial charge in [-0.2, -0.15) is 0 Å². The maximum atomic E-state index is 10.8. The fourth-order valence-corrected chi connectivity index (χ4v) is 3.51. The van der Waals surface area contributed by atoms with E-state index in [-0.39, 0.29) is 0 Å². The van der Waals surface area contributed by atoms with Crippen molar-refractivity contribution in [3.63, 3.8) is 0 Å². The van der Waals surface area contributed by atoms with E-state index in [1.54, 1.807) is 24.3 Å². The summed E-state index contributed by atoms with van der Waals surface area (Å²) in [5.41, 5.74) is 3.46. The first-order chi connectivity index (χ1) is 15.2. The Balaban J connectivity index is 1.86. The first-order valence-corrected chi connectivity index (χ1v) is 9.78. The van der Waals surface area contributed by atoms with Crippen LogP contribution in [0.15, 0.2) is 120 Å². The Morgan fingerprint density at radius 1 is 0.484 bits per heavy atom. The van der Waals surface area contributed by atoms with Gasteiger partial charge in [0.25, 0.3) is 0 Å². The van der Waals surface area contributed by atoms with Crippen LogP contribution >= 0.6 is 0 Å². The van der Waals surface area contributed by atoms with Crippen LogP contribution in [0.1, 0.15) is 11.1 Å². The molecule has 6 heteroatoms. The fourth-order valence-electron chi connectivity index (χ4n) is 3.51. The minimum absolute atomic E-state index is 0.362. The minimum Gasteiger partial charge on any atom is -0.355 e. The molecule has 0 aromatic heterocycles. The van der Waals surface area contributed by atoms with Crippen molar-refractivity contribution in [2.45, 2.75) is 5.66 Å². The number of hydrogen-bond acceptors (Lipinski definition) is 6. The smallest absolute Gasteiger partial charge is 0.161 e. The highest BCUT2D eigenvalue weighted by Gasteiger charge is 2.34. The molecule has 0 fully saturated rings. The largest absolute Gasteiger partial charge is 0.355 e. The SMILES string of the molecule is O=Nc1ccc(NC(Nc2ccc(N=O)cc2)(c2ccccc2)c2ccccc2)cc1. The van der Waals surface area contributed by atoms with Gasteiger partial charge in [-0.15, -0.1) is 9.81 Å². The second kappa shape index (κ2) is 9.00. The number of benzene rings is 4. The predicted octanol–water partition coefficient (Wildman–Crippen LogP) is 6.91. The van der Waals surface area contributed by atoms with Gasteiger partial charge in [0, 0.05) is 22.5 Å². The zero-order chi connectivity index (χ0) is 21.5. The van der Waals surface area contributed by atoms with Gasteiger partial charge in [-0.05, 0) is 58.9 Å². The summed E-state index contributed by atoms with van der Waals surface area (Å²) >= 11 is 0. The zero-order valence-electron chi connectivity index (χ0n) is 16.6. The summed E-state index contributed by atoms with van der Waals surface area (Å²) in [6, 6.07) is 33.9. The van der Waals surface area contributed by atoms with Crippen molar-refractivity contribution < 1.29 is 0 Å². The lowest BCUT2D eigenvalue weighted by Crippen LogP contribution is -2.44. The van der Waals surface area contributed by atoms with E-state index in [1.807, 2.05) is 84.9 Å². The van der Waals surface area contributed by atoms with E-state index >= 15 is 0 Å². The van der Waals surface area contributed by atoms with Crippen LogP contribution in [0.25, 0.3) is 0 Å². The molecule has 0 saturated carbocycles. The number of anilines is 2. The molecule has 0 atom stereocenters. The van der Waals surface area contributed by atoms with Crippen LogP contribution in [0.2, 0.25) is 0 Å². The van der Waals surface area contributed by atoms with Crippen LogP contribution < -0.4 is 10.6 Å². The van der Waals surface area contributed by atoms with Gasteiger partial charge in [-0.3, -0.25) is 0 Å². The summed E-state index contributed by atoms with van der Waals surface area (Å²) in [4.78, 5) is 21.7. The molecule has 0 bridgehead atoms. The van der Waals surface area contributed by atoms with E-state index in [0.29, 0.717) is 11.4 Å². The van der Waals surface area contributed by atoms with E-state index in [4.69, 9.17) is 0 Å². The standard InChI is InChI=1S/C25H20N4O2/c30-28-23-15-11-21(12-16-23)26-25(19-7-3-1-4-8-19,20-9-5-2-6-10-20)27-22-13-17-24(29-31)18-14-22/h1-18,26-27H. The summed E-state index contributed by atoms with van der Waals surface area (Å²) in [6.45, 7) is 0. The third-order valence-corrected chi connectivity index (χ3v) is 5.02. The lowest BCUT2D eigenvalue weighted by molar-refractivity contribution is 0.679. The lowest BCUT2D eigenvalue weighted by Gasteiger charge is -2.38. The van der Waals surface area contributed by atoms with Gasteiger partial charge in [0.15, 0.2) is 5.66 Å². The molecule has 4 rings (SSSR count). The van der Waals surface area contributed by atoms with Crippen LogP contribution in [0.4, 0.5) is 22.7 Å². The summed E-state index contributed by atoms with van der Waals surface area (Å²) in [6.07, 6.45) is 0. The van der Waals surface area contributed by atoms with Crippen molar-refractivity contribution in [3.8, 4) is 0 Å². The van der Waals surface area contributed by atoms with Gasteiger partial charge >= 0.3 is 0 Å². The Hall–Kier alpha value is -4.32. The molecule has 0 spiro atoms. The van der Waals surface area contributed by atoms with Crippen molar-refractivity contribution in [1.82, 2.24) is 0 Å². The molecular weight excluding hydrogens is 388 g/mol. The zero-order valence-corrected chi connectivity index (χ0v) is 16.6. The Morgan fingerprint density at radius 2 is 0.839 bits per heavy atom. The molecule has 0 aliphatic rings. The average Bonchev–Trinajstić information content (AvgIpc) is 2.85. The molecule has 152 valence electrons. The summed E-state index contributed by atoms with van der Waals surface area (Å²) in [7, 11) is 0. The van der Waals surface area contributed by atoms with Crippen LogP contribution in [0, 0.1) is 9.81 Å². The second-order valence-corrected chi connectivity index (χ2v) is 7.01. The van der Waals surface area contributed by atoms with Crippen LogP contribution in [-0.2, 0) is 5.66 Å². The molecule has 0 saturated heterocycles. The van der Waals surface area contributed by atoms with Gasteiger partial charge in [0.2, 0.25) is 0 Å². The van der Waals surface area contributed by atoms with E-state index in [1.165, 1.54) is 0 Å². The van der Waals surface area contributed by atoms with Crippen molar-refractivity contribution in [3.05, 3.63) is 130 Å². The number of hydrogen-bond donors (Lipinski definition) is 2. The normalized spacial score (nSPS) is 10.8. The highest BCUT2D eigenvalue weighted by Crippen LogP contribution is 2.35. The number of nitrogens with one attached hydrogen (secondary N) is 2. The summed E-state index contributed by atoms with van der Waals surface area (Å²) < 4.78 is 0. The fraction of sp³-hybridized carbons (Fsp3) is 0.0400. The van der Waals surface area contributed by atoms with E-state index in [9.17, 15) is 9.81 Å². The maximum absolute atomic E-state index is 10.8. The second-order valence-electron chi connectivity index (χ2n) is 7.01. The summed E-state index contributed by atoms with van der Waals surface area (Å²) in [5.74, 6) is 0. The van der Waals surface area contributed by atoms with E-state index in [0.717, 1.165) is 22.5 Å². The minimum atomic E-state index is -0.839.